The maximum absolute atomic E-state index is 12.8. The predicted molar refractivity (Wildman–Crippen MR) is 104 cm³/mol. The number of unbranched alkanes of at least 4 members (excludes halogenated alkanes) is 2. The Balaban J connectivity index is 1.65. The van der Waals surface area contributed by atoms with Gasteiger partial charge in [0.2, 0.25) is 5.91 Å². The number of hydrogen-bond donors (Lipinski definition) is 2. The number of amides is 2. The minimum absolute atomic E-state index is 0.0884. The summed E-state index contributed by atoms with van der Waals surface area (Å²) in [5.74, 6) is -0.0674. The average molecular weight is 368 g/mol. The third kappa shape index (κ3) is 4.56. The summed E-state index contributed by atoms with van der Waals surface area (Å²) in [6.45, 7) is 5.90. The molecule has 0 atom stereocenters. The highest BCUT2D eigenvalue weighted by Crippen LogP contribution is 2.21. The van der Waals surface area contributed by atoms with Crippen LogP contribution in [0.5, 0.6) is 0 Å². The summed E-state index contributed by atoms with van der Waals surface area (Å²) in [5, 5.41) is 10.1. The second-order valence-electron chi connectivity index (χ2n) is 7.16. The van der Waals surface area contributed by atoms with Crippen molar-refractivity contribution >= 4 is 11.8 Å². The van der Waals surface area contributed by atoms with Crippen LogP contribution >= 0.6 is 0 Å². The number of aryl methyl sites for hydroxylation is 1. The molecule has 2 heterocycles. The molecule has 2 N–H and O–H groups in total. The number of carbonyl (C=O) groups is 2. The summed E-state index contributed by atoms with van der Waals surface area (Å²) in [4.78, 5) is 27.1. The van der Waals surface area contributed by atoms with Gasteiger partial charge >= 0.3 is 0 Å². The predicted octanol–water partition coefficient (Wildman–Crippen LogP) is 2.77. The van der Waals surface area contributed by atoms with Gasteiger partial charge < -0.3 is 10.2 Å². The Morgan fingerprint density at radius 2 is 2.07 bits per heavy atom. The number of rotatable bonds is 7. The standard InChI is InChI=1S/C21H28N4O2/c1-3-4-7-11-22-21(27)20-17-14-25(12-10-18(17)23-24-20)19(26)13-16-9-6-5-8-15(16)2/h5-6,8-9H,3-4,7,10-14H2,1-2H3,(H,22,27)(H,23,24). The molecule has 0 bridgehead atoms. The lowest BCUT2D eigenvalue weighted by Gasteiger charge is -2.27. The first kappa shape index (κ1) is 19.1. The monoisotopic (exact) mass is 368 g/mol. The number of benzene rings is 1. The molecule has 0 radical (unpaired) electrons. The van der Waals surface area contributed by atoms with E-state index >= 15 is 0 Å². The zero-order valence-corrected chi connectivity index (χ0v) is 16.2. The van der Waals surface area contributed by atoms with Crippen LogP contribution in [0.3, 0.4) is 0 Å². The summed E-state index contributed by atoms with van der Waals surface area (Å²) >= 11 is 0. The summed E-state index contributed by atoms with van der Waals surface area (Å²) in [6, 6.07) is 7.96. The first-order valence-electron chi connectivity index (χ1n) is 9.76. The van der Waals surface area contributed by atoms with Crippen LogP contribution in [-0.4, -0.2) is 40.0 Å². The van der Waals surface area contributed by atoms with E-state index in [9.17, 15) is 9.59 Å². The van der Waals surface area contributed by atoms with E-state index < -0.39 is 0 Å². The van der Waals surface area contributed by atoms with Gasteiger partial charge in [0.15, 0.2) is 5.69 Å². The summed E-state index contributed by atoms with van der Waals surface area (Å²) < 4.78 is 0. The molecule has 1 aromatic carbocycles. The number of nitrogens with one attached hydrogen (secondary N) is 2. The van der Waals surface area contributed by atoms with Gasteiger partial charge in [-0.1, -0.05) is 44.0 Å². The Labute approximate surface area is 160 Å². The number of carbonyl (C=O) groups excluding carboxylic acids is 2. The molecule has 2 amide bonds. The van der Waals surface area contributed by atoms with Crippen molar-refractivity contribution in [1.82, 2.24) is 20.4 Å². The molecule has 0 aliphatic carbocycles. The smallest absolute Gasteiger partial charge is 0.272 e. The number of aromatic nitrogens is 2. The quantitative estimate of drug-likeness (QED) is 0.738. The number of hydrogen-bond acceptors (Lipinski definition) is 3. The molecular weight excluding hydrogens is 340 g/mol. The molecule has 6 nitrogen and oxygen atoms in total. The molecule has 0 spiro atoms. The molecule has 3 rings (SSSR count). The highest BCUT2D eigenvalue weighted by molar-refractivity contribution is 5.94. The normalized spacial score (nSPS) is 13.3. The third-order valence-corrected chi connectivity index (χ3v) is 5.17. The van der Waals surface area contributed by atoms with Crippen molar-refractivity contribution in [2.75, 3.05) is 13.1 Å². The van der Waals surface area contributed by atoms with Gasteiger partial charge in [-0.3, -0.25) is 14.7 Å². The van der Waals surface area contributed by atoms with Crippen LogP contribution in [0.1, 0.15) is 59.1 Å². The van der Waals surface area contributed by atoms with Gasteiger partial charge in [-0.25, -0.2) is 0 Å². The fourth-order valence-corrected chi connectivity index (χ4v) is 3.44. The fourth-order valence-electron chi connectivity index (χ4n) is 3.44. The zero-order valence-electron chi connectivity index (χ0n) is 16.2. The molecule has 27 heavy (non-hydrogen) atoms. The third-order valence-electron chi connectivity index (χ3n) is 5.17. The van der Waals surface area contributed by atoms with Crippen LogP contribution in [0.25, 0.3) is 0 Å². The van der Waals surface area contributed by atoms with Crippen molar-refractivity contribution in [3.8, 4) is 0 Å². The number of fused-ring (bicyclic) bond motifs is 1. The van der Waals surface area contributed by atoms with Gasteiger partial charge in [-0.2, -0.15) is 5.10 Å². The number of aromatic amines is 1. The van der Waals surface area contributed by atoms with E-state index in [1.54, 1.807) is 0 Å². The van der Waals surface area contributed by atoms with Crippen molar-refractivity contribution in [2.24, 2.45) is 0 Å². The average Bonchev–Trinajstić information content (AvgIpc) is 3.10. The van der Waals surface area contributed by atoms with Gasteiger partial charge in [-0.05, 0) is 24.5 Å². The highest BCUT2D eigenvalue weighted by atomic mass is 16.2. The fraction of sp³-hybridized carbons (Fsp3) is 0.476. The second-order valence-corrected chi connectivity index (χ2v) is 7.16. The molecule has 0 saturated carbocycles. The van der Waals surface area contributed by atoms with E-state index in [2.05, 4.69) is 22.4 Å². The molecule has 144 valence electrons. The Morgan fingerprint density at radius 3 is 2.85 bits per heavy atom. The van der Waals surface area contributed by atoms with Gasteiger partial charge in [0.1, 0.15) is 0 Å². The van der Waals surface area contributed by atoms with E-state index in [-0.39, 0.29) is 11.8 Å². The summed E-state index contributed by atoms with van der Waals surface area (Å²) in [6.07, 6.45) is 4.27. The van der Waals surface area contributed by atoms with Crippen LogP contribution < -0.4 is 5.32 Å². The van der Waals surface area contributed by atoms with Crippen molar-refractivity contribution in [3.63, 3.8) is 0 Å². The Hall–Kier alpha value is -2.63. The van der Waals surface area contributed by atoms with Gasteiger partial charge in [0, 0.05) is 37.3 Å². The van der Waals surface area contributed by atoms with Gasteiger partial charge in [0.25, 0.3) is 5.91 Å². The first-order valence-corrected chi connectivity index (χ1v) is 9.76. The minimum Gasteiger partial charge on any atom is -0.351 e. The lowest BCUT2D eigenvalue weighted by Crippen LogP contribution is -2.38. The molecule has 1 aliphatic heterocycles. The maximum atomic E-state index is 12.8. The molecule has 2 aromatic rings. The van der Waals surface area contributed by atoms with Crippen LogP contribution in [0.15, 0.2) is 24.3 Å². The van der Waals surface area contributed by atoms with Gasteiger partial charge in [-0.15, -0.1) is 0 Å². The molecule has 0 fully saturated rings. The van der Waals surface area contributed by atoms with E-state index in [4.69, 9.17) is 0 Å². The Kier molecular flexibility index (Phi) is 6.27. The lowest BCUT2D eigenvalue weighted by molar-refractivity contribution is -0.131. The van der Waals surface area contributed by atoms with E-state index in [1.165, 1.54) is 0 Å². The molecule has 1 aliphatic rings. The number of nitrogens with zero attached hydrogens (tertiary/aromatic N) is 2. The maximum Gasteiger partial charge on any atom is 0.272 e. The topological polar surface area (TPSA) is 78.1 Å². The Bertz CT molecular complexity index is 812. The zero-order chi connectivity index (χ0) is 19.2. The van der Waals surface area contributed by atoms with Crippen LogP contribution in [-0.2, 0) is 24.2 Å². The molecule has 0 saturated heterocycles. The molecule has 0 unspecified atom stereocenters. The first-order chi connectivity index (χ1) is 13.1. The molecular formula is C21H28N4O2. The summed E-state index contributed by atoms with van der Waals surface area (Å²) in [7, 11) is 0. The van der Waals surface area contributed by atoms with E-state index in [0.717, 1.165) is 41.6 Å². The SMILES string of the molecule is CCCCCNC(=O)c1n[nH]c2c1CN(C(=O)Cc1ccccc1C)CC2. The largest absolute Gasteiger partial charge is 0.351 e. The van der Waals surface area contributed by atoms with Gasteiger partial charge in [0.05, 0.1) is 6.42 Å². The van der Waals surface area contributed by atoms with E-state index in [1.807, 2.05) is 36.1 Å². The lowest BCUT2D eigenvalue weighted by atomic mass is 10.0. The van der Waals surface area contributed by atoms with Crippen LogP contribution in [0, 0.1) is 6.92 Å². The highest BCUT2D eigenvalue weighted by Gasteiger charge is 2.27. The Morgan fingerprint density at radius 1 is 1.26 bits per heavy atom. The van der Waals surface area contributed by atoms with Crippen molar-refractivity contribution in [2.45, 2.75) is 52.5 Å². The van der Waals surface area contributed by atoms with Crippen LogP contribution in [0.2, 0.25) is 0 Å². The summed E-state index contributed by atoms with van der Waals surface area (Å²) in [5.41, 5.74) is 4.42. The van der Waals surface area contributed by atoms with Crippen LogP contribution in [0.4, 0.5) is 0 Å². The minimum atomic E-state index is -0.156. The van der Waals surface area contributed by atoms with E-state index in [0.29, 0.717) is 38.2 Å². The van der Waals surface area contributed by atoms with Crippen molar-refractivity contribution < 1.29 is 9.59 Å². The number of H-pyrrole nitrogens is 1. The molecule has 6 heteroatoms. The second kappa shape index (κ2) is 8.84. The van der Waals surface area contributed by atoms with Crippen molar-refractivity contribution in [1.29, 1.82) is 0 Å². The van der Waals surface area contributed by atoms with Crippen molar-refractivity contribution in [3.05, 3.63) is 52.3 Å². The molecule has 1 aromatic heterocycles.